The van der Waals surface area contributed by atoms with Crippen molar-refractivity contribution in [1.29, 1.82) is 0 Å². The zero-order chi connectivity index (χ0) is 15.7. The third-order valence-corrected chi connectivity index (χ3v) is 2.82. The second-order valence-electron chi connectivity index (χ2n) is 4.83. The first kappa shape index (κ1) is 16.8. The fourth-order valence-electron chi connectivity index (χ4n) is 1.89. The van der Waals surface area contributed by atoms with Crippen LogP contribution in [-0.2, 0) is 4.79 Å². The Labute approximate surface area is 111 Å². The molecule has 0 bridgehead atoms. The molecule has 9 heteroatoms. The van der Waals surface area contributed by atoms with Crippen molar-refractivity contribution in [1.82, 2.24) is 10.2 Å². The number of halogens is 6. The molecule has 1 N–H and O–H groups in total. The minimum atomic E-state index is -4.98. The summed E-state index contributed by atoms with van der Waals surface area (Å²) in [5.41, 5.74) is 0. The minimum absolute atomic E-state index is 0.351. The first-order valence-electron chi connectivity index (χ1n) is 5.69. The number of amides is 1. The second-order valence-corrected chi connectivity index (χ2v) is 4.83. The highest BCUT2D eigenvalue weighted by molar-refractivity contribution is 5.88. The third-order valence-electron chi connectivity index (χ3n) is 2.82. The van der Waals surface area contributed by atoms with Crippen LogP contribution >= 0.6 is 0 Å². The van der Waals surface area contributed by atoms with E-state index in [4.69, 9.17) is 0 Å². The van der Waals surface area contributed by atoms with Crippen LogP contribution in [0.25, 0.3) is 0 Å². The van der Waals surface area contributed by atoms with Crippen LogP contribution in [0, 0.1) is 11.8 Å². The van der Waals surface area contributed by atoms with E-state index in [9.17, 15) is 31.1 Å². The van der Waals surface area contributed by atoms with Gasteiger partial charge in [-0.25, -0.2) is 0 Å². The maximum atomic E-state index is 12.4. The fourth-order valence-corrected chi connectivity index (χ4v) is 1.89. The van der Waals surface area contributed by atoms with Gasteiger partial charge in [-0.05, 0) is 14.1 Å². The van der Waals surface area contributed by atoms with Gasteiger partial charge in [0, 0.05) is 12.6 Å². The van der Waals surface area contributed by atoms with Gasteiger partial charge in [-0.1, -0.05) is 6.08 Å². The molecule has 1 aliphatic carbocycles. The van der Waals surface area contributed by atoms with Crippen molar-refractivity contribution in [3.05, 3.63) is 12.2 Å². The van der Waals surface area contributed by atoms with Crippen molar-refractivity contribution >= 4 is 5.91 Å². The number of carbonyl (C=O) groups excluding carboxylic acids is 1. The molecule has 0 aromatic carbocycles. The van der Waals surface area contributed by atoms with E-state index < -0.39 is 36.1 Å². The first-order chi connectivity index (χ1) is 8.94. The first-order valence-corrected chi connectivity index (χ1v) is 5.69. The lowest BCUT2D eigenvalue weighted by atomic mass is 10.3. The van der Waals surface area contributed by atoms with Crippen LogP contribution in [0.2, 0.25) is 0 Å². The molecule has 0 radical (unpaired) electrons. The maximum absolute atomic E-state index is 12.4. The van der Waals surface area contributed by atoms with Gasteiger partial charge in [0.05, 0.1) is 17.9 Å². The highest BCUT2D eigenvalue weighted by Crippen LogP contribution is 2.57. The standard InChI is InChI=1S/C11H14F6N2O/c1-19(2)5-3-4-6(20)18-9-7(10(12,13)14)8(9)11(15,16)17/h3-4,7-9H,5H2,1-2H3,(H,18,20)/b4-3+. The van der Waals surface area contributed by atoms with Crippen LogP contribution in [0.4, 0.5) is 26.3 Å². The molecule has 116 valence electrons. The van der Waals surface area contributed by atoms with E-state index in [0.717, 1.165) is 6.08 Å². The van der Waals surface area contributed by atoms with Crippen LogP contribution in [0.5, 0.6) is 0 Å². The lowest BCUT2D eigenvalue weighted by Gasteiger charge is -2.06. The summed E-state index contributed by atoms with van der Waals surface area (Å²) in [6.07, 6.45) is -7.68. The van der Waals surface area contributed by atoms with Gasteiger partial charge in [-0.3, -0.25) is 4.79 Å². The van der Waals surface area contributed by atoms with E-state index in [2.05, 4.69) is 0 Å². The van der Waals surface area contributed by atoms with Gasteiger partial charge in [0.2, 0.25) is 5.91 Å². The van der Waals surface area contributed by atoms with Gasteiger partial charge in [0.1, 0.15) is 0 Å². The van der Waals surface area contributed by atoms with E-state index in [0.29, 0.717) is 6.54 Å². The van der Waals surface area contributed by atoms with E-state index in [1.54, 1.807) is 24.3 Å². The zero-order valence-electron chi connectivity index (χ0n) is 10.7. The van der Waals surface area contributed by atoms with Crippen LogP contribution in [0.15, 0.2) is 12.2 Å². The largest absolute Gasteiger partial charge is 0.394 e. The van der Waals surface area contributed by atoms with Gasteiger partial charge in [-0.15, -0.1) is 0 Å². The molecule has 20 heavy (non-hydrogen) atoms. The van der Waals surface area contributed by atoms with Gasteiger partial charge in [0.25, 0.3) is 0 Å². The number of rotatable bonds is 4. The molecule has 0 aliphatic heterocycles. The molecule has 0 saturated heterocycles. The molecule has 2 atom stereocenters. The van der Waals surface area contributed by atoms with Crippen LogP contribution in [0.3, 0.4) is 0 Å². The Balaban J connectivity index is 2.63. The number of hydrogen-bond donors (Lipinski definition) is 1. The molecule has 0 heterocycles. The Morgan fingerprint density at radius 3 is 1.90 bits per heavy atom. The van der Waals surface area contributed by atoms with E-state index in [-0.39, 0.29) is 0 Å². The third kappa shape index (κ3) is 4.39. The normalized spacial score (nSPS) is 27.1. The van der Waals surface area contributed by atoms with Crippen LogP contribution in [0.1, 0.15) is 0 Å². The molecule has 0 aromatic rings. The minimum Gasteiger partial charge on any atom is -0.349 e. The number of hydrogen-bond acceptors (Lipinski definition) is 2. The molecule has 3 nitrogen and oxygen atoms in total. The van der Waals surface area contributed by atoms with Crippen LogP contribution in [-0.4, -0.2) is 49.8 Å². The van der Waals surface area contributed by atoms with Gasteiger partial charge in [-0.2, -0.15) is 26.3 Å². The topological polar surface area (TPSA) is 32.3 Å². The van der Waals surface area contributed by atoms with Gasteiger partial charge < -0.3 is 10.2 Å². The molecular formula is C11H14F6N2O. The Morgan fingerprint density at radius 2 is 1.55 bits per heavy atom. The Bertz CT molecular complexity index is 367. The molecule has 1 saturated carbocycles. The van der Waals surface area contributed by atoms with Gasteiger partial charge >= 0.3 is 12.4 Å². The molecule has 1 amide bonds. The van der Waals surface area contributed by atoms with E-state index >= 15 is 0 Å². The number of alkyl halides is 6. The Kier molecular flexibility index (Phi) is 4.73. The lowest BCUT2D eigenvalue weighted by molar-refractivity contribution is -0.191. The summed E-state index contributed by atoms with van der Waals surface area (Å²) >= 11 is 0. The average molecular weight is 304 g/mol. The van der Waals surface area contributed by atoms with Crippen molar-refractivity contribution in [3.63, 3.8) is 0 Å². The van der Waals surface area contributed by atoms with Gasteiger partial charge in [0.15, 0.2) is 0 Å². The summed E-state index contributed by atoms with van der Waals surface area (Å²) in [5.74, 6) is -6.08. The van der Waals surface area contributed by atoms with E-state index in [1.165, 1.54) is 6.08 Å². The number of nitrogens with one attached hydrogen (secondary N) is 1. The average Bonchev–Trinajstić information content (AvgIpc) is 2.90. The molecule has 1 rings (SSSR count). The summed E-state index contributed by atoms with van der Waals surface area (Å²) in [7, 11) is 3.39. The Hall–Kier alpha value is -1.25. The van der Waals surface area contributed by atoms with Crippen molar-refractivity contribution in [3.8, 4) is 0 Å². The summed E-state index contributed by atoms with van der Waals surface area (Å²) in [4.78, 5) is 12.9. The van der Waals surface area contributed by atoms with Crippen molar-refractivity contribution < 1.29 is 31.1 Å². The number of carbonyl (C=O) groups is 1. The smallest absolute Gasteiger partial charge is 0.349 e. The SMILES string of the molecule is CN(C)C/C=C/C(=O)NC1C(C(F)(F)F)C1C(F)(F)F. The molecular weight excluding hydrogens is 290 g/mol. The predicted molar refractivity (Wildman–Crippen MR) is 58.7 cm³/mol. The molecule has 0 spiro atoms. The molecule has 1 fully saturated rings. The highest BCUT2D eigenvalue weighted by atomic mass is 19.4. The monoisotopic (exact) mass is 304 g/mol. The second kappa shape index (κ2) is 5.63. The maximum Gasteiger partial charge on any atom is 0.394 e. The summed E-state index contributed by atoms with van der Waals surface area (Å²) in [6.45, 7) is 0.351. The van der Waals surface area contributed by atoms with Crippen molar-refractivity contribution in [2.75, 3.05) is 20.6 Å². The predicted octanol–water partition coefficient (Wildman–Crippen LogP) is 1.96. The summed E-state index contributed by atoms with van der Waals surface area (Å²) < 4.78 is 74.4. The molecule has 0 aromatic heterocycles. The number of nitrogens with zero attached hydrogens (tertiary/aromatic N) is 1. The fraction of sp³-hybridized carbons (Fsp3) is 0.727. The summed E-state index contributed by atoms with van der Waals surface area (Å²) in [6, 6.07) is -1.94. The highest BCUT2D eigenvalue weighted by Gasteiger charge is 2.74. The molecule has 2 unspecified atom stereocenters. The lowest BCUT2D eigenvalue weighted by Crippen LogP contribution is -2.29. The van der Waals surface area contributed by atoms with Crippen LogP contribution < -0.4 is 5.32 Å². The van der Waals surface area contributed by atoms with Crippen molar-refractivity contribution in [2.24, 2.45) is 11.8 Å². The molecule has 1 aliphatic rings. The van der Waals surface area contributed by atoms with Crippen molar-refractivity contribution in [2.45, 2.75) is 18.4 Å². The zero-order valence-corrected chi connectivity index (χ0v) is 10.7. The van der Waals surface area contributed by atoms with E-state index in [1.807, 2.05) is 0 Å². The number of likely N-dealkylation sites (N-methyl/N-ethyl adjacent to an activating group) is 1. The summed E-state index contributed by atoms with van der Waals surface area (Å²) in [5, 5.41) is 1.76. The Morgan fingerprint density at radius 1 is 1.10 bits per heavy atom. The quantitative estimate of drug-likeness (QED) is 0.636.